The number of aliphatic hydroxyl groups excluding tert-OH is 3. The fraction of sp³-hybridized carbons (Fsp3) is 1.00. The fourth-order valence-corrected chi connectivity index (χ4v) is 2.32. The number of rotatable bonds is 3. The highest BCUT2D eigenvalue weighted by Crippen LogP contribution is 2.39. The molecule has 7 nitrogen and oxygen atoms in total. The first-order valence-electron chi connectivity index (χ1n) is 4.96. The predicted octanol–water partition coefficient (Wildman–Crippen LogP) is -1.17. The summed E-state index contributed by atoms with van der Waals surface area (Å²) in [4.78, 5) is 17.0. The number of hydrogen-bond acceptors (Lipinski definition) is 5. The van der Waals surface area contributed by atoms with Gasteiger partial charge in [-0.1, -0.05) is 6.92 Å². The van der Waals surface area contributed by atoms with E-state index in [1.807, 2.05) is 0 Å². The van der Waals surface area contributed by atoms with Crippen molar-refractivity contribution in [1.29, 1.82) is 0 Å². The highest BCUT2D eigenvalue weighted by Gasteiger charge is 2.41. The van der Waals surface area contributed by atoms with E-state index in [9.17, 15) is 19.9 Å². The Morgan fingerprint density at radius 1 is 1.19 bits per heavy atom. The second-order valence-electron chi connectivity index (χ2n) is 4.23. The van der Waals surface area contributed by atoms with E-state index < -0.39 is 32.1 Å². The molecule has 16 heavy (non-hydrogen) atoms. The van der Waals surface area contributed by atoms with E-state index in [4.69, 9.17) is 9.79 Å². The molecule has 0 aromatic rings. The Labute approximate surface area is 92.9 Å². The van der Waals surface area contributed by atoms with Crippen molar-refractivity contribution >= 4 is 7.82 Å². The van der Waals surface area contributed by atoms with Gasteiger partial charge < -0.3 is 25.1 Å². The second kappa shape index (κ2) is 5.10. The molecule has 8 heteroatoms. The molecule has 0 spiro atoms. The van der Waals surface area contributed by atoms with Gasteiger partial charge in [-0.3, -0.25) is 4.52 Å². The minimum Gasteiger partial charge on any atom is -0.390 e. The molecule has 1 fully saturated rings. The monoisotopic (exact) mass is 256 g/mol. The summed E-state index contributed by atoms with van der Waals surface area (Å²) < 4.78 is 14.8. The summed E-state index contributed by atoms with van der Waals surface area (Å²) in [6.07, 6.45) is -3.24. The normalized spacial score (nSPS) is 41.0. The van der Waals surface area contributed by atoms with Gasteiger partial charge in [0.05, 0.1) is 18.8 Å². The Morgan fingerprint density at radius 3 is 2.25 bits per heavy atom. The van der Waals surface area contributed by atoms with Crippen molar-refractivity contribution in [2.24, 2.45) is 11.8 Å². The van der Waals surface area contributed by atoms with Gasteiger partial charge in [0.1, 0.15) is 6.10 Å². The number of phosphoric ester groups is 1. The van der Waals surface area contributed by atoms with Crippen molar-refractivity contribution in [3.63, 3.8) is 0 Å². The molecule has 0 aromatic carbocycles. The molecule has 5 atom stereocenters. The Morgan fingerprint density at radius 2 is 1.75 bits per heavy atom. The van der Waals surface area contributed by atoms with Crippen LogP contribution >= 0.6 is 7.82 Å². The molecule has 5 N–H and O–H groups in total. The molecule has 0 heterocycles. The first kappa shape index (κ1) is 14.1. The third-order valence-corrected chi connectivity index (χ3v) is 3.38. The van der Waals surface area contributed by atoms with E-state index >= 15 is 0 Å². The SMILES string of the molecule is C[C@@H]1CC(COP(=O)(O)O)[C@H](O)C(O)[C@H]1O. The summed E-state index contributed by atoms with van der Waals surface area (Å²) in [7, 11) is -4.57. The van der Waals surface area contributed by atoms with Crippen molar-refractivity contribution < 1.29 is 34.2 Å². The lowest BCUT2D eigenvalue weighted by Crippen LogP contribution is -2.51. The predicted molar refractivity (Wildman–Crippen MR) is 53.3 cm³/mol. The van der Waals surface area contributed by atoms with Gasteiger partial charge >= 0.3 is 7.82 Å². The molecule has 0 aliphatic heterocycles. The maximum Gasteiger partial charge on any atom is 0.469 e. The van der Waals surface area contributed by atoms with Gasteiger partial charge in [0.15, 0.2) is 0 Å². The van der Waals surface area contributed by atoms with Crippen LogP contribution in [0, 0.1) is 11.8 Å². The molecule has 1 aliphatic rings. The first-order valence-corrected chi connectivity index (χ1v) is 6.49. The van der Waals surface area contributed by atoms with Gasteiger partial charge in [-0.05, 0) is 12.3 Å². The zero-order valence-corrected chi connectivity index (χ0v) is 9.70. The number of aliphatic hydroxyl groups is 3. The van der Waals surface area contributed by atoms with Gasteiger partial charge in [0.2, 0.25) is 0 Å². The molecule has 96 valence electrons. The van der Waals surface area contributed by atoms with E-state index in [2.05, 4.69) is 4.52 Å². The Bertz CT molecular complexity index is 278. The van der Waals surface area contributed by atoms with E-state index in [1.54, 1.807) is 6.92 Å². The molecule has 1 saturated carbocycles. The van der Waals surface area contributed by atoms with E-state index in [0.717, 1.165) is 0 Å². The Balaban J connectivity index is 2.57. The molecule has 0 amide bonds. The quantitative estimate of drug-likeness (QED) is 0.403. The van der Waals surface area contributed by atoms with Crippen LogP contribution < -0.4 is 0 Å². The minimum absolute atomic E-state index is 0.260. The molecule has 1 rings (SSSR count). The highest BCUT2D eigenvalue weighted by molar-refractivity contribution is 7.46. The summed E-state index contributed by atoms with van der Waals surface area (Å²) in [5.41, 5.74) is 0. The van der Waals surface area contributed by atoms with Crippen LogP contribution in [0.1, 0.15) is 13.3 Å². The summed E-state index contributed by atoms with van der Waals surface area (Å²) in [5.74, 6) is -0.857. The van der Waals surface area contributed by atoms with Crippen LogP contribution in [0.4, 0.5) is 0 Å². The third-order valence-electron chi connectivity index (χ3n) is 2.90. The van der Waals surface area contributed by atoms with Crippen molar-refractivity contribution in [3.8, 4) is 0 Å². The van der Waals surface area contributed by atoms with E-state index in [1.165, 1.54) is 0 Å². The fourth-order valence-electron chi connectivity index (χ4n) is 1.93. The molecule has 0 bridgehead atoms. The average molecular weight is 256 g/mol. The van der Waals surface area contributed by atoms with Crippen LogP contribution in [-0.2, 0) is 9.09 Å². The smallest absolute Gasteiger partial charge is 0.390 e. The van der Waals surface area contributed by atoms with Crippen LogP contribution in [-0.4, -0.2) is 50.0 Å². The number of hydrogen-bond donors (Lipinski definition) is 5. The number of phosphoric acid groups is 1. The van der Waals surface area contributed by atoms with Crippen LogP contribution in [0.2, 0.25) is 0 Å². The zero-order chi connectivity index (χ0) is 12.5. The zero-order valence-electron chi connectivity index (χ0n) is 8.80. The Kier molecular flexibility index (Phi) is 4.48. The lowest BCUT2D eigenvalue weighted by molar-refractivity contribution is -0.137. The van der Waals surface area contributed by atoms with Gasteiger partial charge in [-0.15, -0.1) is 0 Å². The standard InChI is InChI=1S/C8H17O7P/c1-4-2-5(3-15-16(12,13)14)7(10)8(11)6(4)9/h4-11H,2-3H2,1H3,(H2,12,13,14)/t4-,5?,6+,7+,8?/m1/s1. The molecular weight excluding hydrogens is 239 g/mol. The van der Waals surface area contributed by atoms with Gasteiger partial charge in [0, 0.05) is 5.92 Å². The van der Waals surface area contributed by atoms with Gasteiger partial charge in [-0.2, -0.15) is 0 Å². The third kappa shape index (κ3) is 3.49. The van der Waals surface area contributed by atoms with E-state index in [-0.39, 0.29) is 12.5 Å². The van der Waals surface area contributed by atoms with Crippen LogP contribution in [0.25, 0.3) is 0 Å². The summed E-state index contributed by atoms with van der Waals surface area (Å²) in [5, 5.41) is 28.5. The Hall–Kier alpha value is -0.0100. The maximum atomic E-state index is 10.5. The maximum absolute atomic E-state index is 10.5. The summed E-state index contributed by atoms with van der Waals surface area (Å²) in [6.45, 7) is 1.34. The van der Waals surface area contributed by atoms with Gasteiger partial charge in [-0.25, -0.2) is 4.57 Å². The molecule has 0 aromatic heterocycles. The van der Waals surface area contributed by atoms with Crippen molar-refractivity contribution in [2.75, 3.05) is 6.61 Å². The molecule has 1 aliphatic carbocycles. The largest absolute Gasteiger partial charge is 0.469 e. The molecule has 2 unspecified atom stereocenters. The van der Waals surface area contributed by atoms with Crippen LogP contribution in [0.15, 0.2) is 0 Å². The van der Waals surface area contributed by atoms with E-state index in [0.29, 0.717) is 6.42 Å². The average Bonchev–Trinajstić information content (AvgIpc) is 2.17. The van der Waals surface area contributed by atoms with Gasteiger partial charge in [0.25, 0.3) is 0 Å². The second-order valence-corrected chi connectivity index (χ2v) is 5.47. The van der Waals surface area contributed by atoms with Crippen LogP contribution in [0.3, 0.4) is 0 Å². The minimum atomic E-state index is -4.57. The molecule has 0 radical (unpaired) electrons. The van der Waals surface area contributed by atoms with Crippen molar-refractivity contribution in [1.82, 2.24) is 0 Å². The lowest BCUT2D eigenvalue weighted by atomic mass is 9.77. The van der Waals surface area contributed by atoms with Crippen molar-refractivity contribution in [3.05, 3.63) is 0 Å². The van der Waals surface area contributed by atoms with Crippen LogP contribution in [0.5, 0.6) is 0 Å². The molecule has 0 saturated heterocycles. The topological polar surface area (TPSA) is 127 Å². The molecular formula is C8H17O7P. The van der Waals surface area contributed by atoms with Crippen molar-refractivity contribution in [2.45, 2.75) is 31.7 Å². The summed E-state index contributed by atoms with van der Waals surface area (Å²) in [6, 6.07) is 0. The highest BCUT2D eigenvalue weighted by atomic mass is 31.2. The lowest BCUT2D eigenvalue weighted by Gasteiger charge is -2.38. The first-order chi connectivity index (χ1) is 7.22. The summed E-state index contributed by atoms with van der Waals surface area (Å²) >= 11 is 0.